The molecule has 0 unspecified atom stereocenters. The maximum atomic E-state index is 12.0. The molecule has 0 saturated heterocycles. The predicted octanol–water partition coefficient (Wildman–Crippen LogP) is 3.97. The third-order valence-electron chi connectivity index (χ3n) is 2.90. The maximum absolute atomic E-state index is 12.0. The van der Waals surface area contributed by atoms with E-state index in [9.17, 15) is 4.79 Å². The van der Waals surface area contributed by atoms with Crippen LogP contribution in [0.25, 0.3) is 0 Å². The predicted molar refractivity (Wildman–Crippen MR) is 88.0 cm³/mol. The molecule has 0 radical (unpaired) electrons. The molecule has 1 amide bonds. The van der Waals surface area contributed by atoms with Crippen LogP contribution in [0, 0.1) is 0 Å². The zero-order valence-corrected chi connectivity index (χ0v) is 13.7. The molecule has 0 aliphatic heterocycles. The molecule has 1 N–H and O–H groups in total. The van der Waals surface area contributed by atoms with Gasteiger partial charge in [-0.15, -0.1) is 11.3 Å². The van der Waals surface area contributed by atoms with Crippen LogP contribution in [-0.4, -0.2) is 23.9 Å². The van der Waals surface area contributed by atoms with E-state index in [1.165, 1.54) is 4.88 Å². The number of halogens is 1. The summed E-state index contributed by atoms with van der Waals surface area (Å²) < 4.78 is 1.00. The van der Waals surface area contributed by atoms with Crippen LogP contribution in [0.4, 0.5) is 5.69 Å². The largest absolute Gasteiger partial charge is 0.325 e. The third-order valence-corrected chi connectivity index (χ3v) is 4.29. The first-order valence-corrected chi connectivity index (χ1v) is 8.15. The second kappa shape index (κ2) is 7.57. The SMILES string of the molecule is CCN(CC(=O)Nc1ccc(Br)cc1)Cc1cccs1. The molecule has 0 atom stereocenters. The fraction of sp³-hybridized carbons (Fsp3) is 0.267. The molecule has 3 nitrogen and oxygen atoms in total. The van der Waals surface area contributed by atoms with Gasteiger partial charge in [0, 0.05) is 21.6 Å². The Labute approximate surface area is 131 Å². The molecule has 20 heavy (non-hydrogen) atoms. The maximum Gasteiger partial charge on any atom is 0.238 e. The Kier molecular flexibility index (Phi) is 5.76. The molecule has 0 aliphatic rings. The summed E-state index contributed by atoms with van der Waals surface area (Å²) in [4.78, 5) is 15.4. The van der Waals surface area contributed by atoms with Gasteiger partial charge in [0.1, 0.15) is 0 Å². The minimum Gasteiger partial charge on any atom is -0.325 e. The Bertz CT molecular complexity index is 540. The summed E-state index contributed by atoms with van der Waals surface area (Å²) >= 11 is 5.10. The molecule has 0 saturated carbocycles. The number of nitrogens with one attached hydrogen (secondary N) is 1. The van der Waals surface area contributed by atoms with Crippen LogP contribution in [0.1, 0.15) is 11.8 Å². The van der Waals surface area contributed by atoms with E-state index in [2.05, 4.69) is 44.5 Å². The number of hydrogen-bond acceptors (Lipinski definition) is 3. The van der Waals surface area contributed by atoms with Crippen molar-refractivity contribution in [3.05, 3.63) is 51.1 Å². The molecule has 1 heterocycles. The van der Waals surface area contributed by atoms with E-state index >= 15 is 0 Å². The van der Waals surface area contributed by atoms with Gasteiger partial charge in [-0.3, -0.25) is 9.69 Å². The molecular weight excluding hydrogens is 336 g/mol. The number of rotatable bonds is 6. The van der Waals surface area contributed by atoms with E-state index in [1.807, 2.05) is 30.3 Å². The van der Waals surface area contributed by atoms with Crippen molar-refractivity contribution in [2.24, 2.45) is 0 Å². The number of thiophene rings is 1. The minimum absolute atomic E-state index is 0.0192. The zero-order chi connectivity index (χ0) is 14.4. The molecular formula is C15H17BrN2OS. The molecule has 106 valence electrons. The van der Waals surface area contributed by atoms with Gasteiger partial charge in [-0.2, -0.15) is 0 Å². The molecule has 0 bridgehead atoms. The summed E-state index contributed by atoms with van der Waals surface area (Å²) in [5, 5.41) is 4.98. The number of anilines is 1. The van der Waals surface area contributed by atoms with Gasteiger partial charge < -0.3 is 5.32 Å². The van der Waals surface area contributed by atoms with Crippen molar-refractivity contribution in [1.82, 2.24) is 4.90 Å². The molecule has 2 rings (SSSR count). The first kappa shape index (κ1) is 15.2. The summed E-state index contributed by atoms with van der Waals surface area (Å²) in [6.45, 7) is 4.15. The van der Waals surface area contributed by atoms with E-state index in [0.717, 1.165) is 23.2 Å². The lowest BCUT2D eigenvalue weighted by molar-refractivity contribution is -0.117. The lowest BCUT2D eigenvalue weighted by Crippen LogP contribution is -2.32. The zero-order valence-electron chi connectivity index (χ0n) is 11.3. The number of carbonyl (C=O) groups is 1. The lowest BCUT2D eigenvalue weighted by Gasteiger charge is -2.19. The van der Waals surface area contributed by atoms with Crippen molar-refractivity contribution in [2.75, 3.05) is 18.4 Å². The van der Waals surface area contributed by atoms with E-state index in [0.29, 0.717) is 6.54 Å². The van der Waals surface area contributed by atoms with Crippen LogP contribution < -0.4 is 5.32 Å². The highest BCUT2D eigenvalue weighted by molar-refractivity contribution is 9.10. The van der Waals surface area contributed by atoms with Gasteiger partial charge in [-0.25, -0.2) is 0 Å². The molecule has 2 aromatic rings. The molecule has 0 aliphatic carbocycles. The Hall–Kier alpha value is -1.17. The number of benzene rings is 1. The van der Waals surface area contributed by atoms with Gasteiger partial charge in [-0.05, 0) is 42.3 Å². The minimum atomic E-state index is 0.0192. The van der Waals surface area contributed by atoms with E-state index in [1.54, 1.807) is 11.3 Å². The number of hydrogen-bond donors (Lipinski definition) is 1. The topological polar surface area (TPSA) is 32.3 Å². The number of carbonyl (C=O) groups excluding carboxylic acids is 1. The highest BCUT2D eigenvalue weighted by Crippen LogP contribution is 2.15. The standard InChI is InChI=1S/C15H17BrN2OS/c1-2-18(10-14-4-3-9-20-14)11-15(19)17-13-7-5-12(16)6-8-13/h3-9H,2,10-11H2,1H3,(H,17,19). The fourth-order valence-electron chi connectivity index (χ4n) is 1.84. The highest BCUT2D eigenvalue weighted by Gasteiger charge is 2.10. The second-order valence-corrected chi connectivity index (χ2v) is 6.39. The van der Waals surface area contributed by atoms with Crippen LogP contribution in [0.3, 0.4) is 0 Å². The summed E-state index contributed by atoms with van der Waals surface area (Å²) in [6.07, 6.45) is 0. The average molecular weight is 353 g/mol. The Balaban J connectivity index is 1.87. The third kappa shape index (κ3) is 4.74. The Morgan fingerprint density at radius 3 is 2.65 bits per heavy atom. The van der Waals surface area contributed by atoms with Gasteiger partial charge in [0.05, 0.1) is 6.54 Å². The van der Waals surface area contributed by atoms with Gasteiger partial charge in [0.15, 0.2) is 0 Å². The first-order chi connectivity index (χ1) is 9.67. The highest BCUT2D eigenvalue weighted by atomic mass is 79.9. The molecule has 0 spiro atoms. The van der Waals surface area contributed by atoms with Crippen LogP contribution >= 0.6 is 27.3 Å². The van der Waals surface area contributed by atoms with Crippen molar-refractivity contribution < 1.29 is 4.79 Å². The van der Waals surface area contributed by atoms with Crippen molar-refractivity contribution >= 4 is 38.9 Å². The first-order valence-electron chi connectivity index (χ1n) is 6.47. The number of amides is 1. The second-order valence-electron chi connectivity index (χ2n) is 4.44. The summed E-state index contributed by atoms with van der Waals surface area (Å²) in [5.74, 6) is 0.0192. The summed E-state index contributed by atoms with van der Waals surface area (Å²) in [6, 6.07) is 11.7. The van der Waals surface area contributed by atoms with Gasteiger partial charge in [-0.1, -0.05) is 28.9 Å². The van der Waals surface area contributed by atoms with Gasteiger partial charge in [0.2, 0.25) is 5.91 Å². The molecule has 0 fully saturated rings. The summed E-state index contributed by atoms with van der Waals surface area (Å²) in [5.41, 5.74) is 0.824. The van der Waals surface area contributed by atoms with E-state index < -0.39 is 0 Å². The summed E-state index contributed by atoms with van der Waals surface area (Å²) in [7, 11) is 0. The Morgan fingerprint density at radius 2 is 2.05 bits per heavy atom. The number of likely N-dealkylation sites (N-methyl/N-ethyl adjacent to an activating group) is 1. The van der Waals surface area contributed by atoms with Crippen molar-refractivity contribution in [2.45, 2.75) is 13.5 Å². The van der Waals surface area contributed by atoms with E-state index in [4.69, 9.17) is 0 Å². The Morgan fingerprint density at radius 1 is 1.30 bits per heavy atom. The van der Waals surface area contributed by atoms with Gasteiger partial charge >= 0.3 is 0 Å². The monoisotopic (exact) mass is 352 g/mol. The van der Waals surface area contributed by atoms with Crippen molar-refractivity contribution in [3.8, 4) is 0 Å². The van der Waals surface area contributed by atoms with Crippen LogP contribution in [0.15, 0.2) is 46.3 Å². The number of nitrogens with zero attached hydrogens (tertiary/aromatic N) is 1. The molecule has 5 heteroatoms. The van der Waals surface area contributed by atoms with Gasteiger partial charge in [0.25, 0.3) is 0 Å². The average Bonchev–Trinajstić information content (AvgIpc) is 2.93. The van der Waals surface area contributed by atoms with Crippen molar-refractivity contribution in [3.63, 3.8) is 0 Å². The van der Waals surface area contributed by atoms with Crippen LogP contribution in [0.5, 0.6) is 0 Å². The lowest BCUT2D eigenvalue weighted by atomic mass is 10.3. The van der Waals surface area contributed by atoms with Crippen LogP contribution in [-0.2, 0) is 11.3 Å². The van der Waals surface area contributed by atoms with E-state index in [-0.39, 0.29) is 5.91 Å². The van der Waals surface area contributed by atoms with Crippen molar-refractivity contribution in [1.29, 1.82) is 0 Å². The molecule has 1 aromatic carbocycles. The normalized spacial score (nSPS) is 10.8. The van der Waals surface area contributed by atoms with Crippen LogP contribution in [0.2, 0.25) is 0 Å². The quantitative estimate of drug-likeness (QED) is 0.852. The molecule has 1 aromatic heterocycles. The smallest absolute Gasteiger partial charge is 0.238 e. The fourth-order valence-corrected chi connectivity index (χ4v) is 2.85.